The number of esters is 1. The zero-order valence-electron chi connectivity index (χ0n) is 20.3. The van der Waals surface area contributed by atoms with Gasteiger partial charge in [-0.3, -0.25) is 0 Å². The van der Waals surface area contributed by atoms with E-state index in [1.54, 1.807) is 12.1 Å². The van der Waals surface area contributed by atoms with E-state index in [4.69, 9.17) is 9.47 Å². The van der Waals surface area contributed by atoms with Crippen molar-refractivity contribution in [3.63, 3.8) is 0 Å². The largest absolute Gasteiger partial charge is 2.00 e. The van der Waals surface area contributed by atoms with Crippen LogP contribution in [0.3, 0.4) is 0 Å². The van der Waals surface area contributed by atoms with Gasteiger partial charge in [0.2, 0.25) is 0 Å². The van der Waals surface area contributed by atoms with Gasteiger partial charge < -0.3 is 9.47 Å². The van der Waals surface area contributed by atoms with Gasteiger partial charge in [0.1, 0.15) is 11.5 Å². The first-order valence-electron chi connectivity index (χ1n) is 12.2. The Balaban J connectivity index is 0.000000640. The van der Waals surface area contributed by atoms with Gasteiger partial charge >= 0.3 is 23.0 Å². The second-order valence-electron chi connectivity index (χ2n) is 8.19. The third-order valence-electron chi connectivity index (χ3n) is 5.47. The van der Waals surface area contributed by atoms with Crippen LogP contribution in [0.15, 0.2) is 48.5 Å². The standard InChI is InChI=1S/C26H29O3.C5H5.Fe/c1-2-3-4-5-6-9-20-28-24-16-14-23(15-17-24)26(27)29-25-18-12-22(13-19-25)21-10-7-8-11-21;1-2-4-5-3-1;/h7-8,10-19H,2-6,9,20H2,1H3;1-5H;/q;;+2. The molecule has 0 bridgehead atoms. The van der Waals surface area contributed by atoms with Crippen molar-refractivity contribution in [1.82, 2.24) is 0 Å². The van der Waals surface area contributed by atoms with Crippen LogP contribution in [0.5, 0.6) is 11.5 Å². The Morgan fingerprint density at radius 2 is 1.20 bits per heavy atom. The summed E-state index contributed by atoms with van der Waals surface area (Å²) in [7, 11) is 0. The van der Waals surface area contributed by atoms with E-state index >= 15 is 0 Å². The summed E-state index contributed by atoms with van der Waals surface area (Å²) >= 11 is 0. The first kappa shape index (κ1) is 29.5. The SMILES string of the molecule is CCCCCCCCOc1ccc(C(=O)Oc2ccc([C]3[CH][CH][CH][CH]3)cc2)cc1.[CH]1[CH][CH][CH][CH]1.[Fe+2]. The quantitative estimate of drug-likeness (QED) is 0.137. The van der Waals surface area contributed by atoms with Gasteiger partial charge in [-0.2, -0.15) is 0 Å². The third kappa shape index (κ3) is 11.2. The zero-order valence-corrected chi connectivity index (χ0v) is 21.4. The van der Waals surface area contributed by atoms with E-state index in [-0.39, 0.29) is 23.0 Å². The predicted octanol–water partition coefficient (Wildman–Crippen LogP) is 7.42. The van der Waals surface area contributed by atoms with Crippen LogP contribution in [0, 0.1) is 63.7 Å². The number of hydrogen-bond acceptors (Lipinski definition) is 3. The minimum atomic E-state index is -0.367. The van der Waals surface area contributed by atoms with Gasteiger partial charge in [-0.1, -0.05) is 51.2 Å². The van der Waals surface area contributed by atoms with Crippen molar-refractivity contribution in [3.8, 4) is 11.5 Å². The fourth-order valence-electron chi connectivity index (χ4n) is 3.53. The number of ether oxygens (including phenoxy) is 2. The first-order chi connectivity index (χ1) is 16.8. The zero-order chi connectivity index (χ0) is 23.8. The van der Waals surface area contributed by atoms with Gasteiger partial charge in [-0.25, -0.2) is 4.79 Å². The molecule has 35 heavy (non-hydrogen) atoms. The second kappa shape index (κ2) is 17.6. The minimum Gasteiger partial charge on any atom is -0.494 e. The molecule has 3 nitrogen and oxygen atoms in total. The normalized spacial score (nSPS) is 15.1. The van der Waals surface area contributed by atoms with Gasteiger partial charge in [0.15, 0.2) is 0 Å². The maximum atomic E-state index is 12.4. The van der Waals surface area contributed by atoms with Crippen molar-refractivity contribution < 1.29 is 31.3 Å². The molecule has 0 N–H and O–H groups in total. The van der Waals surface area contributed by atoms with Gasteiger partial charge in [0.25, 0.3) is 0 Å². The molecule has 2 aromatic rings. The fourth-order valence-corrected chi connectivity index (χ4v) is 3.53. The van der Waals surface area contributed by atoms with Crippen LogP contribution in [0.2, 0.25) is 0 Å². The van der Waals surface area contributed by atoms with Gasteiger partial charge in [-0.05, 0) is 106 Å². The number of rotatable bonds is 11. The molecule has 10 radical (unpaired) electrons. The van der Waals surface area contributed by atoms with E-state index < -0.39 is 0 Å². The topological polar surface area (TPSA) is 35.5 Å². The molecule has 4 rings (SSSR count). The third-order valence-corrected chi connectivity index (χ3v) is 5.47. The Labute approximate surface area is 223 Å². The van der Waals surface area contributed by atoms with E-state index in [1.165, 1.54) is 32.1 Å². The molecule has 0 saturated heterocycles. The van der Waals surface area contributed by atoms with E-state index in [0.717, 1.165) is 23.7 Å². The summed E-state index contributed by atoms with van der Waals surface area (Å²) in [6.45, 7) is 2.94. The fraction of sp³-hybridized carbons (Fsp3) is 0.258. The number of benzene rings is 2. The van der Waals surface area contributed by atoms with E-state index in [2.05, 4.69) is 19.8 Å². The molecule has 0 aromatic heterocycles. The molecule has 0 atom stereocenters. The van der Waals surface area contributed by atoms with Crippen molar-refractivity contribution >= 4 is 5.97 Å². The first-order valence-corrected chi connectivity index (χ1v) is 12.2. The molecule has 4 heteroatoms. The summed E-state index contributed by atoms with van der Waals surface area (Å²) in [5.41, 5.74) is 1.61. The van der Waals surface area contributed by atoms with Gasteiger partial charge in [0.05, 0.1) is 12.2 Å². The summed E-state index contributed by atoms with van der Waals surface area (Å²) in [6, 6.07) is 14.7. The second-order valence-corrected chi connectivity index (χ2v) is 8.19. The van der Waals surface area contributed by atoms with Crippen LogP contribution in [-0.4, -0.2) is 12.6 Å². The predicted molar refractivity (Wildman–Crippen MR) is 138 cm³/mol. The van der Waals surface area contributed by atoms with Crippen molar-refractivity contribution in [1.29, 1.82) is 0 Å². The Morgan fingerprint density at radius 1 is 0.657 bits per heavy atom. The summed E-state index contributed by atoms with van der Waals surface area (Å²) in [5.74, 6) is 2.11. The summed E-state index contributed by atoms with van der Waals surface area (Å²) in [4.78, 5) is 12.4. The summed E-state index contributed by atoms with van der Waals surface area (Å²) < 4.78 is 11.2. The van der Waals surface area contributed by atoms with Crippen LogP contribution < -0.4 is 9.47 Å². The summed E-state index contributed by atoms with van der Waals surface area (Å²) in [5, 5.41) is 0. The minimum absolute atomic E-state index is 0. The Bertz CT molecular complexity index is 799. The van der Waals surface area contributed by atoms with E-state index in [1.807, 2.05) is 81.3 Å². The van der Waals surface area contributed by atoms with Crippen LogP contribution >= 0.6 is 0 Å². The van der Waals surface area contributed by atoms with E-state index in [0.29, 0.717) is 17.9 Å². The molecular formula is C31H34FeO3+2. The molecule has 0 spiro atoms. The number of unbranched alkanes of at least 4 members (excludes halogenated alkanes) is 5. The van der Waals surface area contributed by atoms with Crippen LogP contribution in [0.25, 0.3) is 0 Å². The number of carbonyl (C=O) groups is 1. The molecule has 182 valence electrons. The summed E-state index contributed by atoms with van der Waals surface area (Å²) in [6.07, 6.45) is 25.5. The number of hydrogen-bond donors (Lipinski definition) is 0. The maximum absolute atomic E-state index is 12.4. The Morgan fingerprint density at radius 3 is 1.80 bits per heavy atom. The van der Waals surface area contributed by atoms with E-state index in [9.17, 15) is 4.79 Å². The molecule has 0 amide bonds. The van der Waals surface area contributed by atoms with Crippen molar-refractivity contribution in [2.45, 2.75) is 45.4 Å². The van der Waals surface area contributed by atoms with Crippen molar-refractivity contribution in [2.24, 2.45) is 0 Å². The molecule has 0 heterocycles. The average molecular weight is 510 g/mol. The van der Waals surface area contributed by atoms with Crippen LogP contribution in [-0.2, 0) is 17.1 Å². The smallest absolute Gasteiger partial charge is 0.494 e. The van der Waals surface area contributed by atoms with Crippen LogP contribution in [0.1, 0.15) is 61.4 Å². The molecule has 2 saturated carbocycles. The van der Waals surface area contributed by atoms with Crippen molar-refractivity contribution in [2.75, 3.05) is 6.61 Å². The molecule has 2 fully saturated rings. The number of carbonyl (C=O) groups excluding carboxylic acids is 1. The Kier molecular flexibility index (Phi) is 14.8. The monoisotopic (exact) mass is 510 g/mol. The van der Waals surface area contributed by atoms with Crippen LogP contribution in [0.4, 0.5) is 0 Å². The average Bonchev–Trinajstić information content (AvgIpc) is 3.62. The molecule has 2 aliphatic rings. The maximum Gasteiger partial charge on any atom is 2.00 e. The molecule has 0 unspecified atom stereocenters. The van der Waals surface area contributed by atoms with Gasteiger partial charge in [-0.15, -0.1) is 0 Å². The van der Waals surface area contributed by atoms with Crippen molar-refractivity contribution in [3.05, 3.63) is 123 Å². The molecule has 0 aliphatic heterocycles. The molecular weight excluding hydrogens is 476 g/mol. The molecule has 2 aliphatic carbocycles. The molecule has 2 aromatic carbocycles. The Hall–Kier alpha value is -1.77. The van der Waals surface area contributed by atoms with Gasteiger partial charge in [0, 0.05) is 5.92 Å².